The molecule has 2 aromatic carbocycles. The van der Waals surface area contributed by atoms with Gasteiger partial charge in [0.25, 0.3) is 5.91 Å². The lowest BCUT2D eigenvalue weighted by Crippen LogP contribution is -2.39. The molecule has 1 aliphatic carbocycles. The molecule has 0 aliphatic heterocycles. The van der Waals surface area contributed by atoms with Crippen molar-refractivity contribution in [3.05, 3.63) is 64.7 Å². The number of amides is 1. The van der Waals surface area contributed by atoms with Crippen molar-refractivity contribution in [2.75, 3.05) is 5.75 Å². The first-order valence-electron chi connectivity index (χ1n) is 9.49. The van der Waals surface area contributed by atoms with Gasteiger partial charge in [-0.25, -0.2) is 0 Å². The van der Waals surface area contributed by atoms with Gasteiger partial charge < -0.3 is 10.1 Å². The van der Waals surface area contributed by atoms with Crippen LogP contribution in [-0.4, -0.2) is 23.7 Å². The Morgan fingerprint density at radius 2 is 1.96 bits per heavy atom. The van der Waals surface area contributed by atoms with Crippen molar-refractivity contribution in [2.45, 2.75) is 49.6 Å². The molecule has 6 heteroatoms. The van der Waals surface area contributed by atoms with Gasteiger partial charge in [0, 0.05) is 15.7 Å². The number of halogens is 1. The molecule has 0 fully saturated rings. The fourth-order valence-corrected chi connectivity index (χ4v) is 4.24. The van der Waals surface area contributed by atoms with Gasteiger partial charge in [-0.15, -0.1) is 11.8 Å². The monoisotopic (exact) mass is 417 g/mol. The number of esters is 1. The summed E-state index contributed by atoms with van der Waals surface area (Å²) in [6.45, 7) is 1.62. The largest absolute Gasteiger partial charge is 0.453 e. The number of thioether (sulfide) groups is 1. The van der Waals surface area contributed by atoms with Gasteiger partial charge in [-0.05, 0) is 61.6 Å². The van der Waals surface area contributed by atoms with Crippen molar-refractivity contribution >= 4 is 35.2 Å². The number of fused-ring (bicyclic) bond motifs is 1. The third-order valence-electron chi connectivity index (χ3n) is 4.75. The third kappa shape index (κ3) is 5.76. The number of ether oxygens (including phenoxy) is 1. The van der Waals surface area contributed by atoms with Gasteiger partial charge in [0.1, 0.15) is 0 Å². The highest BCUT2D eigenvalue weighted by molar-refractivity contribution is 7.99. The van der Waals surface area contributed by atoms with Crippen molar-refractivity contribution in [3.63, 3.8) is 0 Å². The maximum absolute atomic E-state index is 12.5. The van der Waals surface area contributed by atoms with Gasteiger partial charge >= 0.3 is 5.97 Å². The summed E-state index contributed by atoms with van der Waals surface area (Å²) in [5.41, 5.74) is 2.45. The summed E-state index contributed by atoms with van der Waals surface area (Å²) in [7, 11) is 0. The zero-order valence-electron chi connectivity index (χ0n) is 15.8. The lowest BCUT2D eigenvalue weighted by molar-refractivity contribution is -0.154. The maximum Gasteiger partial charge on any atom is 0.307 e. The summed E-state index contributed by atoms with van der Waals surface area (Å²) in [5, 5.41) is 3.72. The summed E-state index contributed by atoms with van der Waals surface area (Å²) >= 11 is 7.41. The number of carbonyl (C=O) groups excluding carboxylic acids is 2. The molecule has 0 bridgehead atoms. The Morgan fingerprint density at radius 3 is 2.75 bits per heavy atom. The Hall–Kier alpha value is -1.98. The number of benzene rings is 2. The molecule has 4 nitrogen and oxygen atoms in total. The van der Waals surface area contributed by atoms with E-state index < -0.39 is 6.10 Å². The van der Waals surface area contributed by atoms with Gasteiger partial charge in [0.2, 0.25) is 0 Å². The smallest absolute Gasteiger partial charge is 0.307 e. The molecule has 2 atom stereocenters. The summed E-state index contributed by atoms with van der Waals surface area (Å²) < 4.78 is 5.31. The van der Waals surface area contributed by atoms with Crippen LogP contribution in [0.4, 0.5) is 0 Å². The second-order valence-corrected chi connectivity index (χ2v) is 8.44. The van der Waals surface area contributed by atoms with Crippen LogP contribution >= 0.6 is 23.4 Å². The zero-order valence-corrected chi connectivity index (χ0v) is 17.4. The first kappa shape index (κ1) is 20.7. The van der Waals surface area contributed by atoms with E-state index in [0.717, 1.165) is 24.2 Å². The summed E-state index contributed by atoms with van der Waals surface area (Å²) in [6.07, 6.45) is 2.43. The summed E-state index contributed by atoms with van der Waals surface area (Å²) in [6, 6.07) is 15.6. The Balaban J connectivity index is 1.44. The minimum Gasteiger partial charge on any atom is -0.453 e. The number of aryl methyl sites for hydroxylation is 1. The molecule has 0 aromatic heterocycles. The van der Waals surface area contributed by atoms with Crippen LogP contribution in [-0.2, 0) is 20.7 Å². The number of hydrogen-bond donors (Lipinski definition) is 1. The molecule has 0 heterocycles. The number of nitrogens with one attached hydrogen (secondary N) is 1. The maximum atomic E-state index is 12.5. The van der Waals surface area contributed by atoms with E-state index in [1.54, 1.807) is 18.7 Å². The second kappa shape index (κ2) is 9.99. The van der Waals surface area contributed by atoms with E-state index in [-0.39, 0.29) is 24.3 Å². The molecule has 0 radical (unpaired) electrons. The lowest BCUT2D eigenvalue weighted by atomic mass is 9.87. The van der Waals surface area contributed by atoms with Crippen molar-refractivity contribution in [3.8, 4) is 0 Å². The standard InChI is InChI=1S/C22H24ClNO3S/c1-15(27-21(25)13-14-28-18-11-9-17(23)10-12-18)22(26)24-20-8-4-6-16-5-2-3-7-19(16)20/h2-3,5,7,9-12,15,20H,4,6,8,13-14H2,1H3,(H,24,26)/t15-,20-/m1/s1. The van der Waals surface area contributed by atoms with Crippen molar-refractivity contribution in [2.24, 2.45) is 0 Å². The Morgan fingerprint density at radius 1 is 1.21 bits per heavy atom. The highest BCUT2D eigenvalue weighted by Gasteiger charge is 2.25. The SMILES string of the molecule is C[C@@H](OC(=O)CCSc1ccc(Cl)cc1)C(=O)N[C@@H]1CCCc2ccccc21. The quantitative estimate of drug-likeness (QED) is 0.511. The van der Waals surface area contributed by atoms with Crippen molar-refractivity contribution in [1.29, 1.82) is 0 Å². The zero-order chi connectivity index (χ0) is 19.9. The highest BCUT2D eigenvalue weighted by atomic mass is 35.5. The Kier molecular flexibility index (Phi) is 7.40. The first-order chi connectivity index (χ1) is 13.5. The molecule has 28 heavy (non-hydrogen) atoms. The fourth-order valence-electron chi connectivity index (χ4n) is 3.29. The van der Waals surface area contributed by atoms with Crippen molar-refractivity contribution < 1.29 is 14.3 Å². The number of carbonyl (C=O) groups is 2. The Bertz CT molecular complexity index is 825. The van der Waals surface area contributed by atoms with Gasteiger partial charge in [0.15, 0.2) is 6.10 Å². The predicted octanol–water partition coefficient (Wildman–Crippen LogP) is 4.95. The van der Waals surface area contributed by atoms with E-state index in [0.29, 0.717) is 10.8 Å². The van der Waals surface area contributed by atoms with Gasteiger partial charge in [-0.2, -0.15) is 0 Å². The summed E-state index contributed by atoms with van der Waals surface area (Å²) in [4.78, 5) is 25.6. The molecule has 0 unspecified atom stereocenters. The molecule has 3 rings (SSSR count). The molecule has 1 amide bonds. The molecule has 0 spiro atoms. The third-order valence-corrected chi connectivity index (χ3v) is 6.02. The topological polar surface area (TPSA) is 55.4 Å². The molecular weight excluding hydrogens is 394 g/mol. The number of rotatable bonds is 7. The molecule has 0 saturated carbocycles. The molecule has 2 aromatic rings. The fraction of sp³-hybridized carbons (Fsp3) is 0.364. The minimum absolute atomic E-state index is 0.0148. The van der Waals surface area contributed by atoms with Gasteiger partial charge in [-0.1, -0.05) is 35.9 Å². The van der Waals surface area contributed by atoms with E-state index in [2.05, 4.69) is 17.4 Å². The van der Waals surface area contributed by atoms with Crippen LogP contribution in [0.2, 0.25) is 5.02 Å². The van der Waals surface area contributed by atoms with Crippen molar-refractivity contribution in [1.82, 2.24) is 5.32 Å². The van der Waals surface area contributed by atoms with Crippen LogP contribution < -0.4 is 5.32 Å². The van der Waals surface area contributed by atoms with Crippen LogP contribution in [0, 0.1) is 0 Å². The normalized spacial score (nSPS) is 16.7. The van der Waals surface area contributed by atoms with Crippen LogP contribution in [0.3, 0.4) is 0 Å². The van der Waals surface area contributed by atoms with E-state index in [1.165, 1.54) is 11.1 Å². The molecule has 148 valence electrons. The molecular formula is C22H24ClNO3S. The van der Waals surface area contributed by atoms with E-state index in [1.807, 2.05) is 36.4 Å². The van der Waals surface area contributed by atoms with Crippen LogP contribution in [0.5, 0.6) is 0 Å². The van der Waals surface area contributed by atoms with Crippen LogP contribution in [0.15, 0.2) is 53.4 Å². The highest BCUT2D eigenvalue weighted by Crippen LogP contribution is 2.29. The first-order valence-corrected chi connectivity index (χ1v) is 10.9. The van der Waals surface area contributed by atoms with E-state index in [9.17, 15) is 9.59 Å². The second-order valence-electron chi connectivity index (χ2n) is 6.84. The summed E-state index contributed by atoms with van der Waals surface area (Å²) in [5.74, 6) is -0.0290. The minimum atomic E-state index is -0.804. The van der Waals surface area contributed by atoms with Crippen LogP contribution in [0.25, 0.3) is 0 Å². The average molecular weight is 418 g/mol. The van der Waals surface area contributed by atoms with E-state index in [4.69, 9.17) is 16.3 Å². The van der Waals surface area contributed by atoms with Crippen LogP contribution in [0.1, 0.15) is 43.4 Å². The molecule has 0 saturated heterocycles. The van der Waals surface area contributed by atoms with Gasteiger partial charge in [-0.3, -0.25) is 9.59 Å². The predicted molar refractivity (Wildman–Crippen MR) is 113 cm³/mol. The Labute approximate surface area is 175 Å². The molecule has 1 N–H and O–H groups in total. The lowest BCUT2D eigenvalue weighted by Gasteiger charge is -2.27. The van der Waals surface area contributed by atoms with E-state index >= 15 is 0 Å². The number of hydrogen-bond acceptors (Lipinski definition) is 4. The molecule has 1 aliphatic rings. The van der Waals surface area contributed by atoms with Gasteiger partial charge in [0.05, 0.1) is 12.5 Å². The average Bonchev–Trinajstić information content (AvgIpc) is 2.69.